The molecule has 1 saturated carbocycles. The Morgan fingerprint density at radius 1 is 1.07 bits per heavy atom. The number of carbonyl (C=O) groups excluding carboxylic acids is 1. The molecule has 1 saturated heterocycles. The third-order valence-electron chi connectivity index (χ3n) is 7.15. The first-order valence-electron chi connectivity index (χ1n) is 13.4. The van der Waals surface area contributed by atoms with Crippen molar-refractivity contribution in [1.29, 1.82) is 0 Å². The van der Waals surface area contributed by atoms with Crippen molar-refractivity contribution in [2.24, 2.45) is 28.7 Å². The molecular weight excluding hydrogens is 536 g/mol. The van der Waals surface area contributed by atoms with Gasteiger partial charge in [0.05, 0.1) is 43.0 Å². The van der Waals surface area contributed by atoms with Gasteiger partial charge in [-0.25, -0.2) is 0 Å². The van der Waals surface area contributed by atoms with Gasteiger partial charge in [0.15, 0.2) is 12.6 Å². The molecule has 1 aliphatic carbocycles. The molecule has 0 spiro atoms. The topological polar surface area (TPSA) is 318 Å². The van der Waals surface area contributed by atoms with E-state index in [1.54, 1.807) is 0 Å². The highest BCUT2D eigenvalue weighted by Gasteiger charge is 2.53. The van der Waals surface area contributed by atoms with Crippen molar-refractivity contribution in [3.63, 3.8) is 0 Å². The van der Waals surface area contributed by atoms with Gasteiger partial charge in [0, 0.05) is 13.1 Å². The molecule has 1 heterocycles. The Hall–Kier alpha value is -1.13. The van der Waals surface area contributed by atoms with Gasteiger partial charge in [0.1, 0.15) is 36.6 Å². The van der Waals surface area contributed by atoms with Crippen molar-refractivity contribution >= 4 is 5.91 Å². The maximum atomic E-state index is 12.7. The first-order chi connectivity index (χ1) is 18.9. The summed E-state index contributed by atoms with van der Waals surface area (Å²) in [5.41, 5.74) is 29.1. The third-order valence-corrected chi connectivity index (χ3v) is 7.15. The second-order valence-corrected chi connectivity index (χ2v) is 10.3. The van der Waals surface area contributed by atoms with E-state index in [2.05, 4.69) is 5.32 Å². The quantitative estimate of drug-likeness (QED) is 0.0795. The summed E-state index contributed by atoms with van der Waals surface area (Å²) in [5, 5.41) is 65.1. The number of nitrogens with one attached hydrogen (secondary N) is 1. The second-order valence-electron chi connectivity index (χ2n) is 10.3. The lowest BCUT2D eigenvalue weighted by molar-refractivity contribution is -0.300. The van der Waals surface area contributed by atoms with E-state index < -0.39 is 98.6 Å². The number of aliphatic hydroxyl groups is 6. The molecule has 17 nitrogen and oxygen atoms in total. The van der Waals surface area contributed by atoms with E-state index in [1.807, 2.05) is 0 Å². The molecule has 0 bridgehead atoms. The number of rotatable bonds is 15. The van der Waals surface area contributed by atoms with Gasteiger partial charge >= 0.3 is 0 Å². The fourth-order valence-corrected chi connectivity index (χ4v) is 4.60. The van der Waals surface area contributed by atoms with Gasteiger partial charge in [0.25, 0.3) is 0 Å². The molecule has 0 aromatic carbocycles. The Labute approximate surface area is 232 Å². The van der Waals surface area contributed by atoms with Gasteiger partial charge < -0.3 is 83.6 Å². The van der Waals surface area contributed by atoms with Crippen LogP contribution in [0.25, 0.3) is 0 Å². The van der Waals surface area contributed by atoms with Crippen LogP contribution in [0.3, 0.4) is 0 Å². The monoisotopic (exact) mass is 584 g/mol. The fourth-order valence-electron chi connectivity index (χ4n) is 4.60. The van der Waals surface area contributed by atoms with Crippen LogP contribution in [0.2, 0.25) is 0 Å². The number of hydrogen-bond donors (Lipinski definition) is 12. The van der Waals surface area contributed by atoms with E-state index in [1.165, 1.54) is 6.92 Å². The molecule has 0 aromatic rings. The van der Waals surface area contributed by atoms with Gasteiger partial charge in [-0.15, -0.1) is 0 Å². The Morgan fingerprint density at radius 3 is 2.30 bits per heavy atom. The molecule has 0 radical (unpaired) electrons. The maximum Gasteiger partial charge on any atom is 0.249 e. The lowest BCUT2D eigenvalue weighted by Gasteiger charge is -2.49. The largest absolute Gasteiger partial charge is 0.394 e. The van der Waals surface area contributed by atoms with Crippen molar-refractivity contribution < 1.29 is 54.4 Å². The molecule has 2 aliphatic rings. The highest BCUT2D eigenvalue weighted by atomic mass is 16.7. The van der Waals surface area contributed by atoms with Crippen LogP contribution < -0.4 is 34.0 Å². The number of amides is 1. The fraction of sp³-hybridized carbons (Fsp3) is 0.957. The van der Waals surface area contributed by atoms with Gasteiger partial charge in [-0.1, -0.05) is 0 Å². The Kier molecular flexibility index (Phi) is 14.5. The summed E-state index contributed by atoms with van der Waals surface area (Å²) in [6.45, 7) is 0.464. The summed E-state index contributed by atoms with van der Waals surface area (Å²) in [6.07, 6.45) is -13.8. The molecule has 0 aromatic heterocycles. The van der Waals surface area contributed by atoms with E-state index in [4.69, 9.17) is 47.6 Å². The average Bonchev–Trinajstić information content (AvgIpc) is 2.93. The molecule has 1 amide bonds. The third kappa shape index (κ3) is 8.93. The molecule has 2 rings (SSSR count). The maximum absolute atomic E-state index is 12.7. The number of carbonyl (C=O) groups is 1. The Balaban J connectivity index is 2.40. The van der Waals surface area contributed by atoms with Crippen molar-refractivity contribution in [3.8, 4) is 0 Å². The Morgan fingerprint density at radius 2 is 1.75 bits per heavy atom. The SMILES string of the molecule is C[C@H](O)C(CO)O[C@H](O[C@@H]1C(O)C(O[C@H]2O[C@H](CN)CCC2N)[C@@H](N)[C@@H](O)C1NC(=O)[C@H](O)CCN)[C@@H](O)CN. The van der Waals surface area contributed by atoms with Crippen LogP contribution in [0.4, 0.5) is 0 Å². The first-order valence-corrected chi connectivity index (χ1v) is 13.4. The van der Waals surface area contributed by atoms with Crippen LogP contribution in [0.1, 0.15) is 26.2 Å². The molecule has 17 N–H and O–H groups in total. The van der Waals surface area contributed by atoms with Crippen LogP contribution in [0.5, 0.6) is 0 Å². The minimum atomic E-state index is -1.69. The average molecular weight is 585 g/mol. The molecule has 17 heteroatoms. The van der Waals surface area contributed by atoms with E-state index in [-0.39, 0.29) is 25.6 Å². The molecule has 2 fully saturated rings. The van der Waals surface area contributed by atoms with E-state index in [9.17, 15) is 35.4 Å². The van der Waals surface area contributed by atoms with E-state index in [0.717, 1.165) is 0 Å². The second kappa shape index (κ2) is 16.5. The first kappa shape index (κ1) is 35.1. The van der Waals surface area contributed by atoms with Crippen molar-refractivity contribution in [3.05, 3.63) is 0 Å². The standard InChI is InChI=1S/C23H48N6O11/c1-9(31)14(8-30)38-23(13(33)7-26)40-20-16(29-21(36)12(32)4-5-24)17(34)15(28)19(18(20)35)39-22-11(27)3-2-10(6-25)37-22/h9-20,22-23,30-35H,2-8,24-28H2,1H3,(H,29,36)/t9-,10-,11?,12+,13-,14?,15-,16?,17+,18?,19?,20-,22+,23+/m0/s1. The molecule has 40 heavy (non-hydrogen) atoms. The summed E-state index contributed by atoms with van der Waals surface area (Å²) >= 11 is 0. The minimum Gasteiger partial charge on any atom is -0.394 e. The van der Waals surface area contributed by atoms with E-state index in [0.29, 0.717) is 12.8 Å². The summed E-state index contributed by atoms with van der Waals surface area (Å²) < 4.78 is 23.1. The Bertz CT molecular complexity index is 758. The number of nitrogens with two attached hydrogens (primary N) is 5. The summed E-state index contributed by atoms with van der Waals surface area (Å²) in [5.74, 6) is -0.931. The van der Waals surface area contributed by atoms with Gasteiger partial charge in [-0.3, -0.25) is 4.79 Å². The highest BCUT2D eigenvalue weighted by Crippen LogP contribution is 2.30. The van der Waals surface area contributed by atoms with Crippen LogP contribution in [-0.4, -0.2) is 148 Å². The van der Waals surface area contributed by atoms with Crippen molar-refractivity contribution in [1.82, 2.24) is 5.32 Å². The smallest absolute Gasteiger partial charge is 0.249 e. The molecule has 5 unspecified atom stereocenters. The van der Waals surface area contributed by atoms with Gasteiger partial charge in [-0.05, 0) is 32.7 Å². The van der Waals surface area contributed by atoms with Crippen LogP contribution in [-0.2, 0) is 23.7 Å². The lowest BCUT2D eigenvalue weighted by Crippen LogP contribution is -2.73. The normalized spacial score (nSPS) is 36.9. The highest BCUT2D eigenvalue weighted by molar-refractivity contribution is 5.81. The van der Waals surface area contributed by atoms with Crippen molar-refractivity contribution in [2.75, 3.05) is 26.2 Å². The molecule has 14 atom stereocenters. The van der Waals surface area contributed by atoms with Crippen LogP contribution in [0.15, 0.2) is 0 Å². The van der Waals surface area contributed by atoms with Gasteiger partial charge in [0.2, 0.25) is 5.91 Å². The lowest BCUT2D eigenvalue weighted by atomic mass is 9.81. The zero-order chi connectivity index (χ0) is 30.1. The molecule has 1 aliphatic heterocycles. The zero-order valence-electron chi connectivity index (χ0n) is 22.6. The van der Waals surface area contributed by atoms with Crippen LogP contribution >= 0.6 is 0 Å². The van der Waals surface area contributed by atoms with Crippen LogP contribution in [0, 0.1) is 0 Å². The number of aliphatic hydroxyl groups excluding tert-OH is 6. The minimum absolute atomic E-state index is 0.00821. The van der Waals surface area contributed by atoms with Crippen molar-refractivity contribution in [2.45, 2.75) is 112 Å². The molecule has 236 valence electrons. The predicted molar refractivity (Wildman–Crippen MR) is 139 cm³/mol. The summed E-state index contributed by atoms with van der Waals surface area (Å²) in [7, 11) is 0. The van der Waals surface area contributed by atoms with E-state index >= 15 is 0 Å². The molecular formula is C23H48N6O11. The van der Waals surface area contributed by atoms with Gasteiger partial charge in [-0.2, -0.15) is 0 Å². The zero-order valence-corrected chi connectivity index (χ0v) is 22.6. The summed E-state index contributed by atoms with van der Waals surface area (Å²) in [4.78, 5) is 12.7. The number of ether oxygens (including phenoxy) is 4. The predicted octanol–water partition coefficient (Wildman–Crippen LogP) is -6.79. The number of hydrogen-bond acceptors (Lipinski definition) is 16. The summed E-state index contributed by atoms with van der Waals surface area (Å²) in [6, 6.07) is -3.38.